The zero-order valence-electron chi connectivity index (χ0n) is 13.3. The minimum Gasteiger partial charge on any atom is -0.391 e. The van der Waals surface area contributed by atoms with Gasteiger partial charge in [0.15, 0.2) is 0 Å². The predicted molar refractivity (Wildman–Crippen MR) is 89.2 cm³/mol. The van der Waals surface area contributed by atoms with Crippen molar-refractivity contribution < 1.29 is 9.90 Å². The van der Waals surface area contributed by atoms with E-state index in [0.29, 0.717) is 42.8 Å². The molecule has 1 saturated heterocycles. The molecule has 1 aromatic heterocycles. The molecule has 0 aliphatic carbocycles. The molecular weight excluding hydrogens is 312 g/mol. The highest BCUT2D eigenvalue weighted by Crippen LogP contribution is 2.12. The van der Waals surface area contributed by atoms with Gasteiger partial charge in [-0.05, 0) is 25.1 Å². The summed E-state index contributed by atoms with van der Waals surface area (Å²) in [5, 5.41) is 15.6. The molecule has 0 saturated carbocycles. The summed E-state index contributed by atoms with van der Waals surface area (Å²) in [6.45, 7) is 3.72. The fraction of sp³-hybridized carbons (Fsp3) is 0.438. The van der Waals surface area contributed by atoms with Crippen LogP contribution in [-0.4, -0.2) is 46.3 Å². The van der Waals surface area contributed by atoms with Gasteiger partial charge < -0.3 is 25.3 Å². The number of carbonyl (C=O) groups is 1. The molecule has 1 aliphatic heterocycles. The lowest BCUT2D eigenvalue weighted by atomic mass is 10.1. The van der Waals surface area contributed by atoms with E-state index in [1.807, 2.05) is 0 Å². The van der Waals surface area contributed by atoms with Crippen molar-refractivity contribution in [2.75, 3.05) is 19.6 Å². The molecule has 0 radical (unpaired) electrons. The number of aliphatic hydroxyl groups excluding tert-OH is 1. The number of rotatable bonds is 4. The third-order valence-corrected chi connectivity index (χ3v) is 4.38. The number of β-amino-alcohol motifs (C(OH)–C–C–N with tert-alkyl or cyclic N) is 1. The Kier molecular flexibility index (Phi) is 4.50. The average Bonchev–Trinajstić information content (AvgIpc) is 2.98. The zero-order chi connectivity index (χ0) is 17.3. The smallest absolute Gasteiger partial charge is 0.316 e. The number of nitrogens with one attached hydrogen (secondary N) is 3. The Labute approximate surface area is 137 Å². The first-order chi connectivity index (χ1) is 11.5. The second kappa shape index (κ2) is 6.58. The van der Waals surface area contributed by atoms with Crippen LogP contribution in [-0.2, 0) is 6.54 Å². The van der Waals surface area contributed by atoms with Gasteiger partial charge in [-0.3, -0.25) is 14.4 Å². The molecule has 0 bridgehead atoms. The Hall–Kier alpha value is -2.45. The Bertz CT molecular complexity index is 886. The summed E-state index contributed by atoms with van der Waals surface area (Å²) >= 11 is 0. The molecule has 1 amide bonds. The molecule has 128 valence electrons. The van der Waals surface area contributed by atoms with Gasteiger partial charge >= 0.3 is 11.1 Å². The van der Waals surface area contributed by atoms with Crippen LogP contribution in [0.4, 0.5) is 0 Å². The van der Waals surface area contributed by atoms with Crippen molar-refractivity contribution in [1.29, 1.82) is 0 Å². The summed E-state index contributed by atoms with van der Waals surface area (Å²) in [7, 11) is 0. The van der Waals surface area contributed by atoms with Crippen LogP contribution in [0.15, 0.2) is 27.8 Å². The standard InChI is InChI=1S/C16H20N4O4/c1-2-20-12-4-3-9(5-11(12)19-15(23)16(20)24)14(22)18-7-10-6-17-8-13(10)21/h3-5,10,13,17,21H,2,6-8H2,1H3,(H,18,22)(H,19,23). The van der Waals surface area contributed by atoms with E-state index in [4.69, 9.17) is 0 Å². The van der Waals surface area contributed by atoms with E-state index in [2.05, 4.69) is 15.6 Å². The molecule has 1 aromatic carbocycles. The molecule has 4 N–H and O–H groups in total. The Morgan fingerprint density at radius 1 is 1.38 bits per heavy atom. The van der Waals surface area contributed by atoms with Gasteiger partial charge in [0.25, 0.3) is 5.91 Å². The normalized spacial score (nSPS) is 20.4. The maximum Gasteiger partial charge on any atom is 0.316 e. The van der Waals surface area contributed by atoms with Crippen LogP contribution in [0, 0.1) is 5.92 Å². The number of aliphatic hydroxyl groups is 1. The van der Waals surface area contributed by atoms with E-state index >= 15 is 0 Å². The molecule has 24 heavy (non-hydrogen) atoms. The predicted octanol–water partition coefficient (Wildman–Crippen LogP) is -0.980. The third kappa shape index (κ3) is 2.98. The van der Waals surface area contributed by atoms with Crippen molar-refractivity contribution in [3.8, 4) is 0 Å². The van der Waals surface area contributed by atoms with Crippen LogP contribution in [0.5, 0.6) is 0 Å². The van der Waals surface area contributed by atoms with E-state index in [9.17, 15) is 19.5 Å². The second-order valence-corrected chi connectivity index (χ2v) is 5.93. The summed E-state index contributed by atoms with van der Waals surface area (Å²) in [6, 6.07) is 4.82. The summed E-state index contributed by atoms with van der Waals surface area (Å²) in [5.74, 6) is -0.300. The Morgan fingerprint density at radius 2 is 2.17 bits per heavy atom. The first kappa shape index (κ1) is 16.4. The Morgan fingerprint density at radius 3 is 2.83 bits per heavy atom. The van der Waals surface area contributed by atoms with Crippen LogP contribution in [0.25, 0.3) is 11.0 Å². The van der Waals surface area contributed by atoms with Crippen LogP contribution in [0.3, 0.4) is 0 Å². The van der Waals surface area contributed by atoms with Gasteiger partial charge in [-0.15, -0.1) is 0 Å². The first-order valence-electron chi connectivity index (χ1n) is 7.95. The van der Waals surface area contributed by atoms with Crippen LogP contribution >= 0.6 is 0 Å². The van der Waals surface area contributed by atoms with Crippen LogP contribution in [0.2, 0.25) is 0 Å². The minimum atomic E-state index is -0.706. The van der Waals surface area contributed by atoms with E-state index in [1.54, 1.807) is 25.1 Å². The van der Waals surface area contributed by atoms with Crippen molar-refractivity contribution >= 4 is 16.9 Å². The maximum absolute atomic E-state index is 12.3. The summed E-state index contributed by atoms with van der Waals surface area (Å²) in [4.78, 5) is 38.3. The number of H-pyrrole nitrogens is 1. The number of fused-ring (bicyclic) bond motifs is 1. The lowest BCUT2D eigenvalue weighted by Gasteiger charge is -2.14. The minimum absolute atomic E-state index is 0.0144. The van der Waals surface area contributed by atoms with E-state index < -0.39 is 17.2 Å². The highest BCUT2D eigenvalue weighted by atomic mass is 16.3. The topological polar surface area (TPSA) is 116 Å². The first-order valence-corrected chi connectivity index (χ1v) is 7.95. The molecule has 2 atom stereocenters. The third-order valence-electron chi connectivity index (χ3n) is 4.38. The molecular formula is C16H20N4O4. The molecule has 2 aromatic rings. The van der Waals surface area contributed by atoms with Gasteiger partial charge in [0.05, 0.1) is 17.1 Å². The monoisotopic (exact) mass is 332 g/mol. The maximum atomic E-state index is 12.3. The number of hydrogen-bond acceptors (Lipinski definition) is 5. The van der Waals surface area contributed by atoms with E-state index in [1.165, 1.54) is 4.57 Å². The highest BCUT2D eigenvalue weighted by molar-refractivity contribution is 5.97. The number of carbonyl (C=O) groups excluding carboxylic acids is 1. The molecule has 2 unspecified atom stereocenters. The number of aryl methyl sites for hydroxylation is 1. The van der Waals surface area contributed by atoms with Crippen LogP contribution < -0.4 is 21.8 Å². The fourth-order valence-corrected chi connectivity index (χ4v) is 2.99. The molecule has 8 nitrogen and oxygen atoms in total. The van der Waals surface area contributed by atoms with Gasteiger partial charge in [0.2, 0.25) is 0 Å². The number of benzene rings is 1. The van der Waals surface area contributed by atoms with E-state index in [-0.39, 0.29) is 11.8 Å². The lowest BCUT2D eigenvalue weighted by Crippen LogP contribution is -2.36. The average molecular weight is 332 g/mol. The SMILES string of the molecule is CCn1c(=O)c(=O)[nH]c2cc(C(=O)NCC3CNCC3O)ccc21. The largest absolute Gasteiger partial charge is 0.391 e. The van der Waals surface area contributed by atoms with Crippen molar-refractivity contribution in [2.45, 2.75) is 19.6 Å². The van der Waals surface area contributed by atoms with Gasteiger partial charge in [0.1, 0.15) is 0 Å². The van der Waals surface area contributed by atoms with Gasteiger partial charge in [-0.1, -0.05) is 0 Å². The van der Waals surface area contributed by atoms with Crippen LogP contribution in [0.1, 0.15) is 17.3 Å². The highest BCUT2D eigenvalue weighted by Gasteiger charge is 2.25. The second-order valence-electron chi connectivity index (χ2n) is 5.93. The number of aromatic nitrogens is 2. The van der Waals surface area contributed by atoms with Crippen molar-refractivity contribution in [3.63, 3.8) is 0 Å². The molecule has 8 heteroatoms. The Balaban J connectivity index is 1.85. The molecule has 1 aliphatic rings. The van der Waals surface area contributed by atoms with Gasteiger partial charge in [0, 0.05) is 37.7 Å². The van der Waals surface area contributed by atoms with E-state index in [0.717, 1.165) is 0 Å². The van der Waals surface area contributed by atoms with Crippen molar-refractivity contribution in [1.82, 2.24) is 20.2 Å². The fourth-order valence-electron chi connectivity index (χ4n) is 2.99. The molecule has 1 fully saturated rings. The molecule has 2 heterocycles. The molecule has 0 spiro atoms. The number of nitrogens with zero attached hydrogens (tertiary/aromatic N) is 1. The number of amides is 1. The van der Waals surface area contributed by atoms with Crippen molar-refractivity contribution in [3.05, 3.63) is 44.5 Å². The zero-order valence-corrected chi connectivity index (χ0v) is 13.3. The quantitative estimate of drug-likeness (QED) is 0.537. The number of aromatic amines is 1. The number of hydrogen-bond donors (Lipinski definition) is 4. The van der Waals surface area contributed by atoms with Gasteiger partial charge in [-0.2, -0.15) is 0 Å². The summed E-state index contributed by atoms with van der Waals surface area (Å²) in [5.41, 5.74) is 0.0950. The summed E-state index contributed by atoms with van der Waals surface area (Å²) < 4.78 is 1.37. The van der Waals surface area contributed by atoms with Gasteiger partial charge in [-0.25, -0.2) is 0 Å². The lowest BCUT2D eigenvalue weighted by molar-refractivity contribution is 0.0927. The van der Waals surface area contributed by atoms with Crippen molar-refractivity contribution in [2.24, 2.45) is 5.92 Å². The summed E-state index contributed by atoms with van der Waals surface area (Å²) in [6.07, 6.45) is -0.461. The molecule has 3 rings (SSSR count).